The Morgan fingerprint density at radius 1 is 1.57 bits per heavy atom. The van der Waals surface area contributed by atoms with Gasteiger partial charge in [-0.2, -0.15) is 5.26 Å². The Labute approximate surface area is 82.6 Å². The van der Waals surface area contributed by atoms with Gasteiger partial charge < -0.3 is 5.32 Å². The molecule has 0 saturated heterocycles. The lowest BCUT2D eigenvalue weighted by Crippen LogP contribution is -2.18. The van der Waals surface area contributed by atoms with Crippen LogP contribution in [0.15, 0.2) is 18.2 Å². The smallest absolute Gasteiger partial charge is 0.228 e. The van der Waals surface area contributed by atoms with Crippen LogP contribution in [0, 0.1) is 17.2 Å². The van der Waals surface area contributed by atoms with Gasteiger partial charge in [0.25, 0.3) is 0 Å². The van der Waals surface area contributed by atoms with Gasteiger partial charge >= 0.3 is 0 Å². The molecular weight excluding hydrogens is 178 g/mol. The summed E-state index contributed by atoms with van der Waals surface area (Å²) in [4.78, 5) is 15.2. The standard InChI is InChI=1S/C10H11N3O/c1-7(2)10(14)13-9-5-3-4-8(6-11)12-9/h3-5,7H,1-2H3,(H,12,13,14). The second kappa shape index (κ2) is 4.38. The number of hydrogen-bond donors (Lipinski definition) is 1. The molecule has 0 fully saturated rings. The van der Waals surface area contributed by atoms with Gasteiger partial charge in [0.2, 0.25) is 5.91 Å². The quantitative estimate of drug-likeness (QED) is 0.767. The molecule has 0 aliphatic carbocycles. The molecule has 0 aliphatic heterocycles. The first-order valence-electron chi connectivity index (χ1n) is 4.31. The summed E-state index contributed by atoms with van der Waals surface area (Å²) in [7, 11) is 0. The Bertz CT molecular complexity index is 379. The van der Waals surface area contributed by atoms with E-state index in [0.29, 0.717) is 11.5 Å². The lowest BCUT2D eigenvalue weighted by atomic mass is 10.2. The Kier molecular flexibility index (Phi) is 3.19. The maximum Gasteiger partial charge on any atom is 0.228 e. The molecule has 1 aromatic rings. The van der Waals surface area contributed by atoms with E-state index in [2.05, 4.69) is 10.3 Å². The lowest BCUT2D eigenvalue weighted by molar-refractivity contribution is -0.118. The summed E-state index contributed by atoms with van der Waals surface area (Å²) < 4.78 is 0. The maximum absolute atomic E-state index is 11.3. The van der Waals surface area contributed by atoms with Crippen LogP contribution in [0.3, 0.4) is 0 Å². The van der Waals surface area contributed by atoms with Crippen LogP contribution in [0.5, 0.6) is 0 Å². The summed E-state index contributed by atoms with van der Waals surface area (Å²) in [5.74, 6) is 0.220. The molecule has 1 aromatic heterocycles. The Morgan fingerprint density at radius 3 is 2.86 bits per heavy atom. The molecule has 14 heavy (non-hydrogen) atoms. The summed E-state index contributed by atoms with van der Waals surface area (Å²) in [6.07, 6.45) is 0. The van der Waals surface area contributed by atoms with E-state index in [0.717, 1.165) is 0 Å². The minimum Gasteiger partial charge on any atom is -0.310 e. The van der Waals surface area contributed by atoms with Crippen molar-refractivity contribution in [1.82, 2.24) is 4.98 Å². The number of aromatic nitrogens is 1. The van der Waals surface area contributed by atoms with Crippen molar-refractivity contribution in [3.8, 4) is 6.07 Å². The van der Waals surface area contributed by atoms with Gasteiger partial charge in [-0.25, -0.2) is 4.98 Å². The van der Waals surface area contributed by atoms with E-state index < -0.39 is 0 Å². The SMILES string of the molecule is CC(C)C(=O)Nc1cccc(C#N)n1. The molecule has 0 aromatic carbocycles. The Hall–Kier alpha value is -1.89. The third-order valence-electron chi connectivity index (χ3n) is 1.64. The molecule has 0 unspecified atom stereocenters. The minimum atomic E-state index is -0.104. The molecule has 1 rings (SSSR count). The van der Waals surface area contributed by atoms with E-state index in [4.69, 9.17) is 5.26 Å². The second-order valence-corrected chi connectivity index (χ2v) is 3.16. The van der Waals surface area contributed by atoms with Gasteiger partial charge in [-0.05, 0) is 12.1 Å². The molecule has 4 heteroatoms. The molecule has 0 aliphatic rings. The predicted octanol–water partition coefficient (Wildman–Crippen LogP) is 1.55. The van der Waals surface area contributed by atoms with Crippen molar-refractivity contribution in [2.75, 3.05) is 5.32 Å². The van der Waals surface area contributed by atoms with Crippen molar-refractivity contribution in [2.45, 2.75) is 13.8 Å². The van der Waals surface area contributed by atoms with Gasteiger partial charge in [0.15, 0.2) is 0 Å². The molecule has 0 spiro atoms. The molecule has 0 saturated carbocycles. The number of pyridine rings is 1. The highest BCUT2D eigenvalue weighted by atomic mass is 16.1. The monoisotopic (exact) mass is 189 g/mol. The first kappa shape index (κ1) is 10.2. The number of anilines is 1. The molecular formula is C10H11N3O. The zero-order valence-corrected chi connectivity index (χ0v) is 8.11. The lowest BCUT2D eigenvalue weighted by Gasteiger charge is -2.06. The van der Waals surface area contributed by atoms with Gasteiger partial charge in [-0.3, -0.25) is 4.79 Å². The van der Waals surface area contributed by atoms with Crippen LogP contribution in [0.25, 0.3) is 0 Å². The van der Waals surface area contributed by atoms with Crippen molar-refractivity contribution in [3.63, 3.8) is 0 Å². The topological polar surface area (TPSA) is 65.8 Å². The Morgan fingerprint density at radius 2 is 2.29 bits per heavy atom. The first-order valence-corrected chi connectivity index (χ1v) is 4.31. The van der Waals surface area contributed by atoms with Crippen molar-refractivity contribution in [1.29, 1.82) is 5.26 Å². The number of nitrogens with zero attached hydrogens (tertiary/aromatic N) is 2. The second-order valence-electron chi connectivity index (χ2n) is 3.16. The summed E-state index contributed by atoms with van der Waals surface area (Å²) >= 11 is 0. The third-order valence-corrected chi connectivity index (χ3v) is 1.64. The van der Waals surface area contributed by atoms with Gasteiger partial charge in [0.05, 0.1) is 0 Å². The normalized spacial score (nSPS) is 9.57. The van der Waals surface area contributed by atoms with E-state index in [1.807, 2.05) is 6.07 Å². The van der Waals surface area contributed by atoms with Crippen LogP contribution >= 0.6 is 0 Å². The third kappa shape index (κ3) is 2.56. The molecule has 72 valence electrons. The van der Waals surface area contributed by atoms with Crippen molar-refractivity contribution >= 4 is 11.7 Å². The van der Waals surface area contributed by atoms with E-state index >= 15 is 0 Å². The van der Waals surface area contributed by atoms with Crippen LogP contribution in [0.2, 0.25) is 0 Å². The summed E-state index contributed by atoms with van der Waals surface area (Å²) in [6.45, 7) is 3.59. The van der Waals surface area contributed by atoms with Crippen molar-refractivity contribution < 1.29 is 4.79 Å². The van der Waals surface area contributed by atoms with E-state index in [-0.39, 0.29) is 11.8 Å². The fraction of sp³-hybridized carbons (Fsp3) is 0.300. The zero-order valence-electron chi connectivity index (χ0n) is 8.11. The van der Waals surface area contributed by atoms with E-state index in [1.54, 1.807) is 32.0 Å². The van der Waals surface area contributed by atoms with Crippen LogP contribution in [0.1, 0.15) is 19.5 Å². The maximum atomic E-state index is 11.3. The average Bonchev–Trinajstić information content (AvgIpc) is 2.18. The number of carbonyl (C=O) groups is 1. The number of carbonyl (C=O) groups excluding carboxylic acids is 1. The molecule has 1 amide bonds. The largest absolute Gasteiger partial charge is 0.310 e. The highest BCUT2D eigenvalue weighted by molar-refractivity contribution is 5.91. The van der Waals surface area contributed by atoms with Crippen LogP contribution in [0.4, 0.5) is 5.82 Å². The van der Waals surface area contributed by atoms with E-state index in [1.165, 1.54) is 0 Å². The fourth-order valence-corrected chi connectivity index (χ4v) is 0.837. The van der Waals surface area contributed by atoms with E-state index in [9.17, 15) is 4.79 Å². The minimum absolute atomic E-state index is 0.0949. The summed E-state index contributed by atoms with van der Waals surface area (Å²) in [5.41, 5.74) is 0.298. The predicted molar refractivity (Wildman–Crippen MR) is 52.4 cm³/mol. The van der Waals surface area contributed by atoms with Gasteiger partial charge in [-0.1, -0.05) is 19.9 Å². The summed E-state index contributed by atoms with van der Waals surface area (Å²) in [6, 6.07) is 6.83. The van der Waals surface area contributed by atoms with Crippen LogP contribution < -0.4 is 5.32 Å². The highest BCUT2D eigenvalue weighted by Crippen LogP contribution is 2.05. The van der Waals surface area contributed by atoms with Crippen LogP contribution in [-0.2, 0) is 4.79 Å². The number of amides is 1. The molecule has 0 bridgehead atoms. The Balaban J connectivity index is 2.78. The molecule has 0 atom stereocenters. The fourth-order valence-electron chi connectivity index (χ4n) is 0.837. The molecule has 1 heterocycles. The number of rotatable bonds is 2. The van der Waals surface area contributed by atoms with Gasteiger partial charge in [0, 0.05) is 5.92 Å². The number of nitriles is 1. The highest BCUT2D eigenvalue weighted by Gasteiger charge is 2.07. The number of hydrogen-bond acceptors (Lipinski definition) is 3. The van der Waals surface area contributed by atoms with Gasteiger partial charge in [-0.15, -0.1) is 0 Å². The zero-order chi connectivity index (χ0) is 10.6. The van der Waals surface area contributed by atoms with Crippen molar-refractivity contribution in [2.24, 2.45) is 5.92 Å². The van der Waals surface area contributed by atoms with Gasteiger partial charge in [0.1, 0.15) is 17.6 Å². The number of nitrogens with one attached hydrogen (secondary N) is 1. The molecule has 1 N–H and O–H groups in total. The molecule has 4 nitrogen and oxygen atoms in total. The van der Waals surface area contributed by atoms with Crippen LogP contribution in [-0.4, -0.2) is 10.9 Å². The molecule has 0 radical (unpaired) electrons. The summed E-state index contributed by atoms with van der Waals surface area (Å²) in [5, 5.41) is 11.2. The first-order chi connectivity index (χ1) is 6.63. The average molecular weight is 189 g/mol. The van der Waals surface area contributed by atoms with Crippen molar-refractivity contribution in [3.05, 3.63) is 23.9 Å².